The van der Waals surface area contributed by atoms with E-state index in [0.717, 1.165) is 4.90 Å². The lowest BCUT2D eigenvalue weighted by molar-refractivity contribution is -0.384. The number of hydrogen-bond donors (Lipinski definition) is 1. The van der Waals surface area contributed by atoms with Crippen LogP contribution in [0, 0.1) is 10.1 Å². The van der Waals surface area contributed by atoms with Crippen molar-refractivity contribution in [3.8, 4) is 0 Å². The van der Waals surface area contributed by atoms with Gasteiger partial charge in [-0.25, -0.2) is 14.7 Å². The number of nitro groups is 1. The highest BCUT2D eigenvalue weighted by Crippen LogP contribution is 2.25. The van der Waals surface area contributed by atoms with Crippen LogP contribution in [0.2, 0.25) is 0 Å². The van der Waals surface area contributed by atoms with E-state index in [2.05, 4.69) is 4.98 Å². The lowest BCUT2D eigenvalue weighted by atomic mass is 10.2. The normalized spacial score (nSPS) is 9.89. The summed E-state index contributed by atoms with van der Waals surface area (Å²) in [6.45, 7) is 0. The number of carboxylic acid groups (broad SMARTS) is 1. The van der Waals surface area contributed by atoms with Gasteiger partial charge >= 0.3 is 6.09 Å². The van der Waals surface area contributed by atoms with Gasteiger partial charge in [-0.1, -0.05) is 6.07 Å². The first-order valence-corrected chi connectivity index (χ1v) is 5.28. The lowest BCUT2D eigenvalue weighted by Gasteiger charge is -2.17. The lowest BCUT2D eigenvalue weighted by Crippen LogP contribution is -2.24. The number of rotatable bonds is 3. The zero-order valence-electron chi connectivity index (χ0n) is 9.63. The molecular formula is C12H9N3O4. The molecule has 0 aliphatic carbocycles. The first kappa shape index (κ1) is 12.5. The minimum absolute atomic E-state index is 0.102. The van der Waals surface area contributed by atoms with Crippen molar-refractivity contribution in [1.29, 1.82) is 0 Å². The molecule has 0 aliphatic rings. The second-order valence-corrected chi connectivity index (χ2v) is 3.58. The third kappa shape index (κ3) is 2.65. The van der Waals surface area contributed by atoms with Gasteiger partial charge in [-0.15, -0.1) is 0 Å². The van der Waals surface area contributed by atoms with E-state index >= 15 is 0 Å². The van der Waals surface area contributed by atoms with Crippen LogP contribution < -0.4 is 4.90 Å². The van der Waals surface area contributed by atoms with Gasteiger partial charge in [0.15, 0.2) is 0 Å². The molecule has 1 heterocycles. The zero-order chi connectivity index (χ0) is 13.8. The molecule has 1 N–H and O–H groups in total. The van der Waals surface area contributed by atoms with E-state index in [1.165, 1.54) is 36.5 Å². The molecule has 0 fully saturated rings. The monoisotopic (exact) mass is 259 g/mol. The van der Waals surface area contributed by atoms with Crippen LogP contribution >= 0.6 is 0 Å². The van der Waals surface area contributed by atoms with Gasteiger partial charge in [-0.2, -0.15) is 0 Å². The van der Waals surface area contributed by atoms with Crippen LogP contribution in [0.15, 0.2) is 48.7 Å². The third-order valence-corrected chi connectivity index (χ3v) is 2.39. The molecule has 0 atom stereocenters. The Hall–Kier alpha value is -2.96. The maximum Gasteiger partial charge on any atom is 0.417 e. The summed E-state index contributed by atoms with van der Waals surface area (Å²) in [6, 6.07) is 10.1. The topological polar surface area (TPSA) is 96.6 Å². The van der Waals surface area contributed by atoms with Crippen LogP contribution in [-0.4, -0.2) is 21.1 Å². The molecule has 0 bridgehead atoms. The largest absolute Gasteiger partial charge is 0.464 e. The Bertz CT molecular complexity index is 598. The minimum Gasteiger partial charge on any atom is -0.464 e. The Balaban J connectivity index is 2.40. The van der Waals surface area contributed by atoms with Crippen molar-refractivity contribution < 1.29 is 14.8 Å². The Labute approximate surface area is 107 Å². The molecule has 1 amide bonds. The van der Waals surface area contributed by atoms with Crippen LogP contribution in [0.4, 0.5) is 22.0 Å². The highest BCUT2D eigenvalue weighted by molar-refractivity contribution is 5.93. The van der Waals surface area contributed by atoms with Crippen molar-refractivity contribution >= 4 is 23.3 Å². The molecule has 96 valence electrons. The number of non-ortho nitro benzene ring substituents is 1. The van der Waals surface area contributed by atoms with Crippen molar-refractivity contribution in [2.45, 2.75) is 0 Å². The average molecular weight is 259 g/mol. The summed E-state index contributed by atoms with van der Waals surface area (Å²) in [5.74, 6) is 0.226. The van der Waals surface area contributed by atoms with E-state index in [-0.39, 0.29) is 17.2 Å². The second-order valence-electron chi connectivity index (χ2n) is 3.58. The number of anilines is 2. The molecule has 0 saturated carbocycles. The summed E-state index contributed by atoms with van der Waals surface area (Å²) in [4.78, 5) is 26.2. The molecule has 1 aromatic heterocycles. The SMILES string of the molecule is O=C(O)N(c1ccc([N+](=O)[O-])cc1)c1ccccn1. The van der Waals surface area contributed by atoms with Gasteiger partial charge in [0.1, 0.15) is 5.82 Å². The molecule has 1 aromatic carbocycles. The second kappa shape index (κ2) is 5.13. The number of pyridine rings is 1. The van der Waals surface area contributed by atoms with Crippen molar-refractivity contribution in [2.24, 2.45) is 0 Å². The smallest absolute Gasteiger partial charge is 0.417 e. The predicted molar refractivity (Wildman–Crippen MR) is 67.5 cm³/mol. The number of amides is 1. The van der Waals surface area contributed by atoms with E-state index in [1.54, 1.807) is 12.1 Å². The van der Waals surface area contributed by atoms with E-state index in [1.807, 2.05) is 0 Å². The summed E-state index contributed by atoms with van der Waals surface area (Å²) in [5.41, 5.74) is 0.187. The van der Waals surface area contributed by atoms with Crippen LogP contribution in [0.25, 0.3) is 0 Å². The molecule has 0 saturated heterocycles. The number of hydrogen-bond acceptors (Lipinski definition) is 4. The van der Waals surface area contributed by atoms with Crippen LogP contribution in [0.5, 0.6) is 0 Å². The molecule has 7 nitrogen and oxygen atoms in total. The average Bonchev–Trinajstić information content (AvgIpc) is 2.40. The number of aromatic nitrogens is 1. The van der Waals surface area contributed by atoms with E-state index in [0.29, 0.717) is 0 Å². The van der Waals surface area contributed by atoms with Gasteiger partial charge in [-0.05, 0) is 24.3 Å². The number of nitrogens with zero attached hydrogens (tertiary/aromatic N) is 3. The maximum absolute atomic E-state index is 11.3. The minimum atomic E-state index is -1.22. The standard InChI is InChI=1S/C12H9N3O4/c16-12(17)14(11-3-1-2-8-13-11)9-4-6-10(7-5-9)15(18)19/h1-8H,(H,16,17). The molecule has 2 aromatic rings. The number of carbonyl (C=O) groups is 1. The molecule has 19 heavy (non-hydrogen) atoms. The summed E-state index contributed by atoms with van der Waals surface area (Å²) < 4.78 is 0. The van der Waals surface area contributed by atoms with Crippen molar-refractivity contribution in [2.75, 3.05) is 4.90 Å². The highest BCUT2D eigenvalue weighted by Gasteiger charge is 2.18. The van der Waals surface area contributed by atoms with Crippen LogP contribution in [-0.2, 0) is 0 Å². The third-order valence-electron chi connectivity index (χ3n) is 2.39. The molecule has 0 aliphatic heterocycles. The Kier molecular flexibility index (Phi) is 3.37. The van der Waals surface area contributed by atoms with Crippen molar-refractivity contribution in [3.05, 3.63) is 58.8 Å². The summed E-state index contributed by atoms with van der Waals surface area (Å²) in [5, 5.41) is 19.8. The van der Waals surface area contributed by atoms with Gasteiger partial charge in [0, 0.05) is 18.3 Å². The Morgan fingerprint density at radius 2 is 1.89 bits per heavy atom. The van der Waals surface area contributed by atoms with E-state index in [4.69, 9.17) is 0 Å². The molecular weight excluding hydrogens is 250 g/mol. The summed E-state index contributed by atoms with van der Waals surface area (Å²) in [6.07, 6.45) is 0.254. The number of benzene rings is 1. The Morgan fingerprint density at radius 1 is 1.21 bits per heavy atom. The Morgan fingerprint density at radius 3 is 2.37 bits per heavy atom. The maximum atomic E-state index is 11.3. The molecule has 0 radical (unpaired) electrons. The fourth-order valence-electron chi connectivity index (χ4n) is 1.55. The first-order valence-electron chi connectivity index (χ1n) is 5.28. The zero-order valence-corrected chi connectivity index (χ0v) is 9.63. The van der Waals surface area contributed by atoms with Gasteiger partial charge in [0.05, 0.1) is 10.6 Å². The molecule has 0 spiro atoms. The summed E-state index contributed by atoms with van der Waals surface area (Å²) in [7, 11) is 0. The predicted octanol–water partition coefficient (Wildman–Crippen LogP) is 2.81. The first-order chi connectivity index (χ1) is 9.09. The fraction of sp³-hybridized carbons (Fsp3) is 0. The van der Waals surface area contributed by atoms with E-state index < -0.39 is 11.0 Å². The van der Waals surface area contributed by atoms with Crippen molar-refractivity contribution in [1.82, 2.24) is 4.98 Å². The quantitative estimate of drug-likeness (QED) is 0.675. The van der Waals surface area contributed by atoms with Gasteiger partial charge < -0.3 is 5.11 Å². The van der Waals surface area contributed by atoms with Gasteiger partial charge in [0.25, 0.3) is 5.69 Å². The van der Waals surface area contributed by atoms with Crippen LogP contribution in [0.3, 0.4) is 0 Å². The molecule has 7 heteroatoms. The van der Waals surface area contributed by atoms with E-state index in [9.17, 15) is 20.0 Å². The molecule has 2 rings (SSSR count). The van der Waals surface area contributed by atoms with Crippen molar-refractivity contribution in [3.63, 3.8) is 0 Å². The van der Waals surface area contributed by atoms with Crippen LogP contribution in [0.1, 0.15) is 0 Å². The summed E-state index contributed by atoms with van der Waals surface area (Å²) >= 11 is 0. The van der Waals surface area contributed by atoms with Gasteiger partial charge in [0.2, 0.25) is 0 Å². The molecule has 0 unspecified atom stereocenters. The van der Waals surface area contributed by atoms with Gasteiger partial charge in [-0.3, -0.25) is 10.1 Å². The highest BCUT2D eigenvalue weighted by atomic mass is 16.6. The fourth-order valence-corrected chi connectivity index (χ4v) is 1.55. The number of nitro benzene ring substituents is 1.